The van der Waals surface area contributed by atoms with Gasteiger partial charge in [0.05, 0.1) is 0 Å². The second-order valence-electron chi connectivity index (χ2n) is 5.54. The van der Waals surface area contributed by atoms with Crippen LogP contribution in [0.3, 0.4) is 0 Å². The topological polar surface area (TPSA) is 53.1 Å². The van der Waals surface area contributed by atoms with Crippen LogP contribution in [0, 0.1) is 5.92 Å². The number of aromatic nitrogens is 2. The zero-order chi connectivity index (χ0) is 13.7. The Morgan fingerprint density at radius 2 is 2.32 bits per heavy atom. The molecule has 0 aromatic carbocycles. The van der Waals surface area contributed by atoms with Crippen LogP contribution in [0.15, 0.2) is 12.4 Å². The lowest BCUT2D eigenvalue weighted by atomic mass is 10.1. The van der Waals surface area contributed by atoms with Gasteiger partial charge in [-0.1, -0.05) is 0 Å². The molecule has 0 saturated carbocycles. The summed E-state index contributed by atoms with van der Waals surface area (Å²) in [4.78, 5) is 10.7. The van der Waals surface area contributed by atoms with Gasteiger partial charge in [0, 0.05) is 25.7 Å². The Balaban J connectivity index is 1.84. The molecule has 0 amide bonds. The lowest BCUT2D eigenvalue weighted by Gasteiger charge is -2.22. The highest BCUT2D eigenvalue weighted by molar-refractivity contribution is 5.48. The summed E-state index contributed by atoms with van der Waals surface area (Å²) >= 11 is 0. The molecule has 2 rings (SSSR count). The standard InChI is InChI=1S/C14H25N5/c1-11(2)19(3)14-8-13(17-10-18-14)16-7-5-12-4-6-15-9-12/h8,10-12,15H,4-7,9H2,1-3H3,(H,16,17,18). The number of nitrogens with zero attached hydrogens (tertiary/aromatic N) is 3. The Kier molecular flexibility index (Phi) is 4.96. The van der Waals surface area contributed by atoms with E-state index in [1.807, 2.05) is 6.07 Å². The lowest BCUT2D eigenvalue weighted by molar-refractivity contribution is 0.549. The molecule has 106 valence electrons. The number of hydrogen-bond acceptors (Lipinski definition) is 5. The summed E-state index contributed by atoms with van der Waals surface area (Å²) < 4.78 is 0. The quantitative estimate of drug-likeness (QED) is 0.818. The van der Waals surface area contributed by atoms with Crippen molar-refractivity contribution in [3.05, 3.63) is 12.4 Å². The molecule has 1 fully saturated rings. The molecular weight excluding hydrogens is 238 g/mol. The summed E-state index contributed by atoms with van der Waals surface area (Å²) in [7, 11) is 2.06. The molecule has 0 radical (unpaired) electrons. The fraction of sp³-hybridized carbons (Fsp3) is 0.714. The van der Waals surface area contributed by atoms with Gasteiger partial charge in [0.2, 0.25) is 0 Å². The van der Waals surface area contributed by atoms with Crippen LogP contribution in [0.4, 0.5) is 11.6 Å². The third kappa shape index (κ3) is 4.06. The molecule has 2 N–H and O–H groups in total. The summed E-state index contributed by atoms with van der Waals surface area (Å²) in [6, 6.07) is 2.46. The number of rotatable bonds is 6. The predicted molar refractivity (Wildman–Crippen MR) is 79.7 cm³/mol. The van der Waals surface area contributed by atoms with Gasteiger partial charge >= 0.3 is 0 Å². The summed E-state index contributed by atoms with van der Waals surface area (Å²) in [5.41, 5.74) is 0. The minimum atomic E-state index is 0.437. The fourth-order valence-corrected chi connectivity index (χ4v) is 2.27. The Morgan fingerprint density at radius 1 is 1.47 bits per heavy atom. The third-order valence-corrected chi connectivity index (χ3v) is 3.81. The van der Waals surface area contributed by atoms with Crippen molar-refractivity contribution in [2.75, 3.05) is 36.9 Å². The predicted octanol–water partition coefficient (Wildman–Crippen LogP) is 1.73. The van der Waals surface area contributed by atoms with Gasteiger partial charge in [-0.2, -0.15) is 0 Å². The summed E-state index contributed by atoms with van der Waals surface area (Å²) in [6.45, 7) is 7.62. The molecule has 1 unspecified atom stereocenters. The highest BCUT2D eigenvalue weighted by atomic mass is 15.2. The van der Waals surface area contributed by atoms with Crippen LogP contribution in [0.2, 0.25) is 0 Å². The van der Waals surface area contributed by atoms with Crippen molar-refractivity contribution in [3.8, 4) is 0 Å². The average molecular weight is 263 g/mol. The van der Waals surface area contributed by atoms with E-state index in [1.54, 1.807) is 6.33 Å². The van der Waals surface area contributed by atoms with Crippen LogP contribution < -0.4 is 15.5 Å². The number of nitrogens with one attached hydrogen (secondary N) is 2. The van der Waals surface area contributed by atoms with E-state index in [-0.39, 0.29) is 0 Å². The molecule has 1 saturated heterocycles. The highest BCUT2D eigenvalue weighted by Gasteiger charge is 2.13. The average Bonchev–Trinajstić information content (AvgIpc) is 2.91. The van der Waals surface area contributed by atoms with Crippen molar-refractivity contribution in [1.82, 2.24) is 15.3 Å². The largest absolute Gasteiger partial charge is 0.370 e. The Labute approximate surface area is 115 Å². The van der Waals surface area contributed by atoms with Gasteiger partial charge in [-0.15, -0.1) is 0 Å². The van der Waals surface area contributed by atoms with E-state index in [2.05, 4.69) is 46.4 Å². The van der Waals surface area contributed by atoms with E-state index in [1.165, 1.54) is 19.4 Å². The van der Waals surface area contributed by atoms with Gasteiger partial charge in [-0.25, -0.2) is 9.97 Å². The Bertz CT molecular complexity index is 387. The molecule has 0 spiro atoms. The van der Waals surface area contributed by atoms with Crippen molar-refractivity contribution in [3.63, 3.8) is 0 Å². The molecular formula is C14H25N5. The molecule has 0 aliphatic carbocycles. The highest BCUT2D eigenvalue weighted by Crippen LogP contribution is 2.16. The first-order chi connectivity index (χ1) is 9.16. The van der Waals surface area contributed by atoms with E-state index in [4.69, 9.17) is 0 Å². The van der Waals surface area contributed by atoms with Crippen LogP contribution in [0.25, 0.3) is 0 Å². The second kappa shape index (κ2) is 6.70. The van der Waals surface area contributed by atoms with Crippen LogP contribution in [0.1, 0.15) is 26.7 Å². The maximum atomic E-state index is 4.31. The first-order valence-corrected chi connectivity index (χ1v) is 7.16. The van der Waals surface area contributed by atoms with Crippen molar-refractivity contribution in [1.29, 1.82) is 0 Å². The summed E-state index contributed by atoms with van der Waals surface area (Å²) in [6.07, 6.45) is 4.13. The minimum absolute atomic E-state index is 0.437. The monoisotopic (exact) mass is 263 g/mol. The molecule has 19 heavy (non-hydrogen) atoms. The Morgan fingerprint density at radius 3 is 3.00 bits per heavy atom. The van der Waals surface area contributed by atoms with Crippen LogP contribution in [-0.2, 0) is 0 Å². The molecule has 1 aromatic heterocycles. The molecule has 5 nitrogen and oxygen atoms in total. The molecule has 5 heteroatoms. The molecule has 0 bridgehead atoms. The Hall–Kier alpha value is -1.36. The van der Waals surface area contributed by atoms with Crippen molar-refractivity contribution in [2.24, 2.45) is 5.92 Å². The maximum absolute atomic E-state index is 4.31. The van der Waals surface area contributed by atoms with E-state index < -0.39 is 0 Å². The van der Waals surface area contributed by atoms with Gasteiger partial charge < -0.3 is 15.5 Å². The maximum Gasteiger partial charge on any atom is 0.134 e. The lowest BCUT2D eigenvalue weighted by Crippen LogP contribution is -2.26. The SMILES string of the molecule is CC(C)N(C)c1cc(NCCC2CCNC2)ncn1. The zero-order valence-electron chi connectivity index (χ0n) is 12.2. The van der Waals surface area contributed by atoms with Crippen molar-refractivity contribution >= 4 is 11.6 Å². The summed E-state index contributed by atoms with van der Waals surface area (Å²) in [5, 5.41) is 6.80. The minimum Gasteiger partial charge on any atom is -0.370 e. The smallest absolute Gasteiger partial charge is 0.134 e. The van der Waals surface area contributed by atoms with Crippen LogP contribution >= 0.6 is 0 Å². The molecule has 2 heterocycles. The van der Waals surface area contributed by atoms with Crippen molar-refractivity contribution < 1.29 is 0 Å². The van der Waals surface area contributed by atoms with Crippen LogP contribution in [-0.4, -0.2) is 42.7 Å². The number of anilines is 2. The summed E-state index contributed by atoms with van der Waals surface area (Å²) in [5.74, 6) is 2.70. The van der Waals surface area contributed by atoms with Crippen LogP contribution in [0.5, 0.6) is 0 Å². The molecule has 1 aromatic rings. The van der Waals surface area contributed by atoms with Gasteiger partial charge in [-0.3, -0.25) is 0 Å². The first-order valence-electron chi connectivity index (χ1n) is 7.16. The van der Waals surface area contributed by atoms with E-state index in [0.29, 0.717) is 6.04 Å². The van der Waals surface area contributed by atoms with Gasteiger partial charge in [0.15, 0.2) is 0 Å². The molecule has 1 aliphatic rings. The molecule has 1 aliphatic heterocycles. The number of hydrogen-bond donors (Lipinski definition) is 2. The first kappa shape index (κ1) is 14.1. The normalized spacial score (nSPS) is 18.8. The molecule has 1 atom stereocenters. The van der Waals surface area contributed by atoms with Gasteiger partial charge in [-0.05, 0) is 45.7 Å². The zero-order valence-corrected chi connectivity index (χ0v) is 12.2. The van der Waals surface area contributed by atoms with Gasteiger partial charge in [0.25, 0.3) is 0 Å². The second-order valence-corrected chi connectivity index (χ2v) is 5.54. The third-order valence-electron chi connectivity index (χ3n) is 3.81. The van der Waals surface area contributed by atoms with E-state index >= 15 is 0 Å². The van der Waals surface area contributed by atoms with Gasteiger partial charge in [0.1, 0.15) is 18.0 Å². The van der Waals surface area contributed by atoms with Crippen molar-refractivity contribution in [2.45, 2.75) is 32.7 Å². The van der Waals surface area contributed by atoms with E-state index in [9.17, 15) is 0 Å². The van der Waals surface area contributed by atoms with E-state index in [0.717, 1.165) is 30.6 Å². The fourth-order valence-electron chi connectivity index (χ4n) is 2.27.